The summed E-state index contributed by atoms with van der Waals surface area (Å²) in [6, 6.07) is 6.79. The third-order valence-corrected chi connectivity index (χ3v) is 6.87. The summed E-state index contributed by atoms with van der Waals surface area (Å²) in [6.07, 6.45) is 7.85. The van der Waals surface area contributed by atoms with Crippen LogP contribution in [0.15, 0.2) is 53.7 Å². The van der Waals surface area contributed by atoms with E-state index in [0.29, 0.717) is 12.5 Å². The summed E-state index contributed by atoms with van der Waals surface area (Å²) < 4.78 is 31.9. The number of piperidine rings is 1. The van der Waals surface area contributed by atoms with Crippen LogP contribution in [-0.2, 0) is 13.1 Å². The van der Waals surface area contributed by atoms with Gasteiger partial charge in [0.1, 0.15) is 11.6 Å². The predicted octanol–water partition coefficient (Wildman–Crippen LogP) is 5.04. The molecule has 178 valence electrons. The van der Waals surface area contributed by atoms with Gasteiger partial charge in [-0.05, 0) is 36.5 Å². The number of benzene rings is 1. The SMILES string of the molecule is CN(Cc1cccc(OC(F)F)c1)c1nc(N2CCC(Cn3ccnc3)CC2)nc2cscc12. The van der Waals surface area contributed by atoms with Crippen LogP contribution in [0, 0.1) is 5.92 Å². The Labute approximate surface area is 200 Å². The number of alkyl halides is 2. The fourth-order valence-electron chi connectivity index (χ4n) is 4.44. The molecule has 1 fully saturated rings. The van der Waals surface area contributed by atoms with Gasteiger partial charge in [0.2, 0.25) is 5.95 Å². The molecule has 7 nitrogen and oxygen atoms in total. The Morgan fingerprint density at radius 1 is 1.21 bits per heavy atom. The van der Waals surface area contributed by atoms with Gasteiger partial charge < -0.3 is 19.1 Å². The highest BCUT2D eigenvalue weighted by molar-refractivity contribution is 7.09. The monoisotopic (exact) mass is 484 g/mol. The average Bonchev–Trinajstić information content (AvgIpc) is 3.50. The highest BCUT2D eigenvalue weighted by Crippen LogP contribution is 2.31. The van der Waals surface area contributed by atoms with Gasteiger partial charge in [-0.3, -0.25) is 0 Å². The van der Waals surface area contributed by atoms with Crippen molar-refractivity contribution in [2.24, 2.45) is 5.92 Å². The first kappa shape index (κ1) is 22.5. The Morgan fingerprint density at radius 2 is 2.06 bits per heavy atom. The average molecular weight is 485 g/mol. The normalized spacial score (nSPS) is 14.8. The number of anilines is 2. The van der Waals surface area contributed by atoms with Gasteiger partial charge in [0.05, 0.1) is 17.2 Å². The molecule has 1 aliphatic heterocycles. The first-order valence-electron chi connectivity index (χ1n) is 11.2. The van der Waals surface area contributed by atoms with Crippen molar-refractivity contribution in [3.05, 3.63) is 59.3 Å². The molecule has 0 atom stereocenters. The Hall–Kier alpha value is -3.27. The molecule has 1 aliphatic rings. The molecule has 0 bridgehead atoms. The fraction of sp³-hybridized carbons (Fsp3) is 0.375. The van der Waals surface area contributed by atoms with Crippen LogP contribution in [-0.4, -0.2) is 46.3 Å². The van der Waals surface area contributed by atoms with Gasteiger partial charge in [-0.25, -0.2) is 9.97 Å². The lowest BCUT2D eigenvalue weighted by molar-refractivity contribution is -0.0498. The zero-order chi connectivity index (χ0) is 23.5. The molecule has 0 unspecified atom stereocenters. The summed E-state index contributed by atoms with van der Waals surface area (Å²) >= 11 is 1.60. The van der Waals surface area contributed by atoms with Crippen molar-refractivity contribution in [1.29, 1.82) is 0 Å². The van der Waals surface area contributed by atoms with Gasteiger partial charge in [0.15, 0.2) is 0 Å². The number of imidazole rings is 1. The molecule has 0 spiro atoms. The van der Waals surface area contributed by atoms with Crippen LogP contribution in [0.1, 0.15) is 18.4 Å². The molecule has 34 heavy (non-hydrogen) atoms. The minimum Gasteiger partial charge on any atom is -0.435 e. The number of aromatic nitrogens is 4. The molecule has 10 heteroatoms. The van der Waals surface area contributed by atoms with Crippen LogP contribution in [0.3, 0.4) is 0 Å². The van der Waals surface area contributed by atoms with E-state index >= 15 is 0 Å². The van der Waals surface area contributed by atoms with Crippen LogP contribution < -0.4 is 14.5 Å². The molecule has 1 saturated heterocycles. The van der Waals surface area contributed by atoms with E-state index in [1.165, 1.54) is 6.07 Å². The number of fused-ring (bicyclic) bond motifs is 1. The lowest BCUT2D eigenvalue weighted by Crippen LogP contribution is -2.36. The van der Waals surface area contributed by atoms with Gasteiger partial charge in [0.25, 0.3) is 0 Å². The maximum absolute atomic E-state index is 12.6. The summed E-state index contributed by atoms with van der Waals surface area (Å²) in [6.45, 7) is 0.470. The second kappa shape index (κ2) is 9.92. The molecule has 1 aromatic carbocycles. The third-order valence-electron chi connectivity index (χ3n) is 6.14. The van der Waals surface area contributed by atoms with E-state index < -0.39 is 6.61 Å². The number of ether oxygens (including phenoxy) is 1. The summed E-state index contributed by atoms with van der Waals surface area (Å²) in [5, 5.41) is 5.09. The second-order valence-electron chi connectivity index (χ2n) is 8.59. The van der Waals surface area contributed by atoms with Gasteiger partial charge >= 0.3 is 6.61 Å². The zero-order valence-corrected chi connectivity index (χ0v) is 19.7. The predicted molar refractivity (Wildman–Crippen MR) is 130 cm³/mol. The first-order valence-corrected chi connectivity index (χ1v) is 12.2. The summed E-state index contributed by atoms with van der Waals surface area (Å²) in [4.78, 5) is 18.2. The maximum Gasteiger partial charge on any atom is 0.387 e. The molecule has 3 aromatic heterocycles. The first-order chi connectivity index (χ1) is 16.5. The van der Waals surface area contributed by atoms with Crippen LogP contribution in [0.5, 0.6) is 5.75 Å². The standard InChI is InChI=1S/C24H26F2N6OS/c1-30(12-18-3-2-4-19(11-18)33-23(25)26)22-20-14-34-15-21(20)28-24(29-22)32-8-5-17(6-9-32)13-31-10-7-27-16-31/h2-4,7,10-11,14-17,23H,5-6,8-9,12-13H2,1H3. The van der Waals surface area contributed by atoms with Gasteiger partial charge in [0, 0.05) is 56.4 Å². The number of thiophene rings is 1. The number of nitrogens with zero attached hydrogens (tertiary/aromatic N) is 6. The largest absolute Gasteiger partial charge is 0.435 e. The molecular formula is C24H26F2N6OS. The Balaban J connectivity index is 1.32. The molecule has 0 saturated carbocycles. The van der Waals surface area contributed by atoms with Crippen LogP contribution in [0.4, 0.5) is 20.5 Å². The number of hydrogen-bond acceptors (Lipinski definition) is 7. The minimum absolute atomic E-state index is 0.156. The molecule has 0 amide bonds. The highest BCUT2D eigenvalue weighted by atomic mass is 32.1. The number of rotatable bonds is 8. The van der Waals surface area contributed by atoms with Gasteiger partial charge in [-0.1, -0.05) is 12.1 Å². The molecule has 4 heterocycles. The Morgan fingerprint density at radius 3 is 2.82 bits per heavy atom. The third kappa shape index (κ3) is 5.11. The quantitative estimate of drug-likeness (QED) is 0.349. The van der Waals surface area contributed by atoms with E-state index in [0.717, 1.165) is 60.7 Å². The minimum atomic E-state index is -2.84. The molecule has 4 aromatic rings. The molecular weight excluding hydrogens is 458 g/mol. The van der Waals surface area contributed by atoms with Crippen molar-refractivity contribution in [1.82, 2.24) is 19.5 Å². The van der Waals surface area contributed by atoms with Gasteiger partial charge in [-0.15, -0.1) is 11.3 Å². The zero-order valence-electron chi connectivity index (χ0n) is 18.8. The molecule has 5 rings (SSSR count). The van der Waals surface area contributed by atoms with E-state index in [1.54, 1.807) is 23.5 Å². The van der Waals surface area contributed by atoms with Crippen molar-refractivity contribution in [3.63, 3.8) is 0 Å². The number of halogens is 2. The van der Waals surface area contributed by atoms with Crippen LogP contribution in [0.25, 0.3) is 10.9 Å². The van der Waals surface area contributed by atoms with Gasteiger partial charge in [-0.2, -0.15) is 13.8 Å². The van der Waals surface area contributed by atoms with Crippen molar-refractivity contribution in [2.45, 2.75) is 32.5 Å². The van der Waals surface area contributed by atoms with E-state index in [-0.39, 0.29) is 5.75 Å². The van der Waals surface area contributed by atoms with Crippen LogP contribution in [0.2, 0.25) is 0 Å². The lowest BCUT2D eigenvalue weighted by Gasteiger charge is -2.32. The summed E-state index contributed by atoms with van der Waals surface area (Å²) in [7, 11) is 1.96. The molecule has 0 aliphatic carbocycles. The highest BCUT2D eigenvalue weighted by Gasteiger charge is 2.23. The Kier molecular flexibility index (Phi) is 6.57. The van der Waals surface area contributed by atoms with E-state index in [9.17, 15) is 8.78 Å². The maximum atomic E-state index is 12.6. The molecule has 0 radical (unpaired) electrons. The molecule has 0 N–H and O–H groups in total. The lowest BCUT2D eigenvalue weighted by atomic mass is 9.97. The smallest absolute Gasteiger partial charge is 0.387 e. The van der Waals surface area contributed by atoms with Crippen molar-refractivity contribution < 1.29 is 13.5 Å². The summed E-state index contributed by atoms with van der Waals surface area (Å²) in [5.74, 6) is 2.34. The van der Waals surface area contributed by atoms with Crippen molar-refractivity contribution >= 4 is 34.0 Å². The summed E-state index contributed by atoms with van der Waals surface area (Å²) in [5.41, 5.74) is 1.79. The van der Waals surface area contributed by atoms with Crippen molar-refractivity contribution in [2.75, 3.05) is 29.9 Å². The van der Waals surface area contributed by atoms with E-state index in [4.69, 9.17) is 9.97 Å². The van der Waals surface area contributed by atoms with Crippen LogP contribution >= 0.6 is 11.3 Å². The number of hydrogen-bond donors (Lipinski definition) is 0. The van der Waals surface area contributed by atoms with E-state index in [2.05, 4.69) is 24.6 Å². The van der Waals surface area contributed by atoms with E-state index in [1.807, 2.05) is 42.1 Å². The topological polar surface area (TPSA) is 59.3 Å². The van der Waals surface area contributed by atoms with Crippen molar-refractivity contribution in [3.8, 4) is 5.75 Å². The second-order valence-corrected chi connectivity index (χ2v) is 9.33. The Bertz CT molecular complexity index is 1220. The fourth-order valence-corrected chi connectivity index (χ4v) is 5.18.